The summed E-state index contributed by atoms with van der Waals surface area (Å²) in [4.78, 5) is 30.4. The van der Waals surface area contributed by atoms with Gasteiger partial charge in [-0.15, -0.1) is 17.9 Å². The number of allylic oxidation sites excluding steroid dienone is 1. The van der Waals surface area contributed by atoms with Gasteiger partial charge in [0.25, 0.3) is 0 Å². The van der Waals surface area contributed by atoms with Crippen molar-refractivity contribution in [3.05, 3.63) is 35.5 Å². The highest BCUT2D eigenvalue weighted by atomic mass is 32.1. The van der Waals surface area contributed by atoms with Gasteiger partial charge >= 0.3 is 0 Å². The summed E-state index contributed by atoms with van der Waals surface area (Å²) in [5, 5.41) is 5.56. The van der Waals surface area contributed by atoms with Gasteiger partial charge < -0.3 is 14.8 Å². The van der Waals surface area contributed by atoms with Gasteiger partial charge in [0.05, 0.1) is 5.69 Å². The minimum absolute atomic E-state index is 0.00349. The lowest BCUT2D eigenvalue weighted by Crippen LogP contribution is -2.40. The third-order valence-electron chi connectivity index (χ3n) is 5.21. The lowest BCUT2D eigenvalue weighted by Gasteiger charge is -2.30. The van der Waals surface area contributed by atoms with Gasteiger partial charge in [0.15, 0.2) is 5.13 Å². The molecule has 1 fully saturated rings. The van der Waals surface area contributed by atoms with Gasteiger partial charge in [-0.25, -0.2) is 4.98 Å². The van der Waals surface area contributed by atoms with Crippen molar-refractivity contribution in [3.8, 4) is 11.3 Å². The van der Waals surface area contributed by atoms with E-state index >= 15 is 0 Å². The summed E-state index contributed by atoms with van der Waals surface area (Å²) in [6.07, 6.45) is 3.28. The Morgan fingerprint density at radius 3 is 2.70 bits per heavy atom. The highest BCUT2D eigenvalue weighted by molar-refractivity contribution is 7.14. The predicted octanol–water partition coefficient (Wildman–Crippen LogP) is 3.61. The molecule has 0 spiro atoms. The molecule has 6 nitrogen and oxygen atoms in total. The number of amides is 2. The molecule has 3 rings (SSSR count). The lowest BCUT2D eigenvalue weighted by atomic mass is 9.96. The lowest BCUT2D eigenvalue weighted by molar-refractivity contribution is -0.132. The van der Waals surface area contributed by atoms with Crippen molar-refractivity contribution < 1.29 is 9.59 Å². The molecule has 1 saturated heterocycles. The number of hydrogen-bond donors (Lipinski definition) is 1. The fourth-order valence-corrected chi connectivity index (χ4v) is 4.30. The van der Waals surface area contributed by atoms with E-state index in [9.17, 15) is 9.59 Å². The Morgan fingerprint density at radius 2 is 2.07 bits per heavy atom. The molecule has 1 aliphatic rings. The Morgan fingerprint density at radius 1 is 1.37 bits per heavy atom. The van der Waals surface area contributed by atoms with Crippen molar-refractivity contribution >= 4 is 28.3 Å². The molecular formula is C20H26N4O2S. The molecule has 2 aromatic heterocycles. The van der Waals surface area contributed by atoms with Crippen molar-refractivity contribution in [1.82, 2.24) is 14.5 Å². The average molecular weight is 387 g/mol. The summed E-state index contributed by atoms with van der Waals surface area (Å²) in [5.41, 5.74) is 4.27. The van der Waals surface area contributed by atoms with Crippen LogP contribution in [-0.4, -0.2) is 39.4 Å². The van der Waals surface area contributed by atoms with Crippen molar-refractivity contribution in [2.24, 2.45) is 5.92 Å². The van der Waals surface area contributed by atoms with Crippen LogP contribution in [0.2, 0.25) is 0 Å². The molecule has 0 atom stereocenters. The number of anilines is 1. The van der Waals surface area contributed by atoms with Gasteiger partial charge in [0.1, 0.15) is 0 Å². The van der Waals surface area contributed by atoms with E-state index < -0.39 is 0 Å². The van der Waals surface area contributed by atoms with E-state index in [-0.39, 0.29) is 17.7 Å². The van der Waals surface area contributed by atoms with Gasteiger partial charge in [-0.1, -0.05) is 6.08 Å². The normalized spacial score (nSPS) is 15.0. The fraction of sp³-hybridized carbons (Fsp3) is 0.450. The molecule has 0 bridgehead atoms. The molecule has 3 heterocycles. The summed E-state index contributed by atoms with van der Waals surface area (Å²) < 4.78 is 2.20. The van der Waals surface area contributed by atoms with E-state index in [2.05, 4.69) is 41.4 Å². The van der Waals surface area contributed by atoms with E-state index in [4.69, 9.17) is 0 Å². The Hall–Kier alpha value is -2.41. The zero-order valence-corrected chi connectivity index (χ0v) is 16.9. The molecule has 27 heavy (non-hydrogen) atoms. The van der Waals surface area contributed by atoms with E-state index in [1.54, 1.807) is 11.8 Å². The Labute approximate surface area is 163 Å². The second-order valence-electron chi connectivity index (χ2n) is 6.99. The van der Waals surface area contributed by atoms with Crippen LogP contribution in [0.1, 0.15) is 31.2 Å². The first-order valence-corrected chi connectivity index (χ1v) is 10.1. The second-order valence-corrected chi connectivity index (χ2v) is 7.85. The maximum Gasteiger partial charge on any atom is 0.229 e. The first-order chi connectivity index (χ1) is 12.9. The van der Waals surface area contributed by atoms with Crippen LogP contribution in [0.5, 0.6) is 0 Å². The van der Waals surface area contributed by atoms with E-state index in [1.807, 2.05) is 11.5 Å². The van der Waals surface area contributed by atoms with Crippen molar-refractivity contribution in [2.75, 3.05) is 18.4 Å². The van der Waals surface area contributed by atoms with Crippen LogP contribution < -0.4 is 5.32 Å². The van der Waals surface area contributed by atoms with Crippen molar-refractivity contribution in [1.29, 1.82) is 0 Å². The number of carbonyl (C=O) groups is 2. The molecule has 1 aliphatic heterocycles. The predicted molar refractivity (Wildman–Crippen MR) is 109 cm³/mol. The molecule has 144 valence electrons. The Balaban J connectivity index is 1.66. The third kappa shape index (κ3) is 4.13. The van der Waals surface area contributed by atoms with Crippen LogP contribution >= 0.6 is 11.3 Å². The molecule has 0 aromatic carbocycles. The third-order valence-corrected chi connectivity index (χ3v) is 5.96. The SMILES string of the molecule is C=CCn1c(C)cc(-c2csc(NC(=O)C3CCN(C(C)=O)CC3)n2)c1C. The standard InChI is InChI=1S/C20H26N4O2S/c1-5-8-24-13(2)11-17(14(24)3)18-12-27-20(21-18)22-19(26)16-6-9-23(10-7-16)15(4)25/h5,11-12,16H,1,6-10H2,2-4H3,(H,21,22,26). The average Bonchev–Trinajstić information content (AvgIpc) is 3.21. The number of piperidine rings is 1. The quantitative estimate of drug-likeness (QED) is 0.798. The number of rotatable bonds is 5. The molecule has 2 amide bonds. The van der Waals surface area contributed by atoms with Crippen LogP contribution in [0.25, 0.3) is 11.3 Å². The largest absolute Gasteiger partial charge is 0.345 e. The van der Waals surface area contributed by atoms with Gasteiger partial charge in [-0.3, -0.25) is 9.59 Å². The molecule has 2 aromatic rings. The molecular weight excluding hydrogens is 360 g/mol. The minimum Gasteiger partial charge on any atom is -0.345 e. The zero-order valence-electron chi connectivity index (χ0n) is 16.1. The van der Waals surface area contributed by atoms with Crippen LogP contribution in [0.3, 0.4) is 0 Å². The second kappa shape index (κ2) is 8.08. The topological polar surface area (TPSA) is 67.2 Å². The molecule has 0 radical (unpaired) electrons. The number of nitrogens with zero attached hydrogens (tertiary/aromatic N) is 3. The van der Waals surface area contributed by atoms with E-state index in [1.165, 1.54) is 17.0 Å². The monoisotopic (exact) mass is 386 g/mol. The highest BCUT2D eigenvalue weighted by Crippen LogP contribution is 2.30. The maximum absolute atomic E-state index is 12.5. The Kier molecular flexibility index (Phi) is 5.79. The molecule has 0 aliphatic carbocycles. The number of thiazole rings is 1. The summed E-state index contributed by atoms with van der Waals surface area (Å²) in [6, 6.07) is 2.12. The summed E-state index contributed by atoms with van der Waals surface area (Å²) in [6.45, 7) is 11.6. The number of likely N-dealkylation sites (tertiary alicyclic amines) is 1. The Bertz CT molecular complexity index is 859. The van der Waals surface area contributed by atoms with Crippen LogP contribution in [-0.2, 0) is 16.1 Å². The number of nitrogens with one attached hydrogen (secondary N) is 1. The highest BCUT2D eigenvalue weighted by Gasteiger charge is 2.26. The van der Waals surface area contributed by atoms with Gasteiger partial charge in [0.2, 0.25) is 11.8 Å². The zero-order chi connectivity index (χ0) is 19.6. The number of carbonyl (C=O) groups excluding carboxylic acids is 2. The molecule has 0 unspecified atom stereocenters. The van der Waals surface area contributed by atoms with Gasteiger partial charge in [-0.2, -0.15) is 0 Å². The summed E-state index contributed by atoms with van der Waals surface area (Å²) >= 11 is 1.44. The molecule has 1 N–H and O–H groups in total. The van der Waals surface area contributed by atoms with Crippen LogP contribution in [0.4, 0.5) is 5.13 Å². The van der Waals surface area contributed by atoms with Crippen LogP contribution in [0, 0.1) is 19.8 Å². The number of hydrogen-bond acceptors (Lipinski definition) is 4. The van der Waals surface area contributed by atoms with Crippen molar-refractivity contribution in [2.45, 2.75) is 40.2 Å². The van der Waals surface area contributed by atoms with E-state index in [0.717, 1.165) is 23.5 Å². The van der Waals surface area contributed by atoms with Crippen LogP contribution in [0.15, 0.2) is 24.1 Å². The molecule has 7 heteroatoms. The smallest absolute Gasteiger partial charge is 0.229 e. The number of aryl methyl sites for hydroxylation is 1. The van der Waals surface area contributed by atoms with Gasteiger partial charge in [-0.05, 0) is 32.8 Å². The van der Waals surface area contributed by atoms with Gasteiger partial charge in [0, 0.05) is 54.8 Å². The first-order valence-electron chi connectivity index (χ1n) is 9.20. The van der Waals surface area contributed by atoms with E-state index in [0.29, 0.717) is 31.1 Å². The summed E-state index contributed by atoms with van der Waals surface area (Å²) in [5.74, 6) is 0.00863. The number of aromatic nitrogens is 2. The minimum atomic E-state index is -0.0643. The van der Waals surface area contributed by atoms with Crippen molar-refractivity contribution in [3.63, 3.8) is 0 Å². The fourth-order valence-electron chi connectivity index (χ4n) is 3.59. The maximum atomic E-state index is 12.5. The summed E-state index contributed by atoms with van der Waals surface area (Å²) in [7, 11) is 0. The molecule has 0 saturated carbocycles. The first kappa shape index (κ1) is 19.4.